The molecule has 27 heavy (non-hydrogen) atoms. The molecule has 0 unspecified atom stereocenters. The molecule has 0 bridgehead atoms. The maximum atomic E-state index is 14.2. The van der Waals surface area contributed by atoms with Crippen LogP contribution in [0, 0.1) is 29.3 Å². The molecule has 2 aromatic heterocycles. The van der Waals surface area contributed by atoms with Crippen molar-refractivity contribution in [3.8, 4) is 11.8 Å². The zero-order valence-electron chi connectivity index (χ0n) is 13.7. The van der Waals surface area contributed by atoms with Crippen molar-refractivity contribution in [3.63, 3.8) is 0 Å². The van der Waals surface area contributed by atoms with E-state index in [0.717, 1.165) is 29.1 Å². The van der Waals surface area contributed by atoms with Gasteiger partial charge in [0.05, 0.1) is 12.4 Å². The maximum Gasteiger partial charge on any atom is 0.279 e. The summed E-state index contributed by atoms with van der Waals surface area (Å²) >= 11 is 0. The van der Waals surface area contributed by atoms with Crippen LogP contribution in [-0.4, -0.2) is 23.2 Å². The Hall–Kier alpha value is -3.32. The summed E-state index contributed by atoms with van der Waals surface area (Å²) in [5.74, 6) is 2.09. The number of aryl methyl sites for hydroxylation is 1. The Kier molecular flexibility index (Phi) is 4.87. The van der Waals surface area contributed by atoms with Crippen LogP contribution in [0.2, 0.25) is 0 Å². The Labute approximate surface area is 152 Å². The van der Waals surface area contributed by atoms with E-state index in [-0.39, 0.29) is 16.2 Å². The van der Waals surface area contributed by atoms with Crippen molar-refractivity contribution in [2.24, 2.45) is 7.05 Å². The van der Waals surface area contributed by atoms with Crippen molar-refractivity contribution in [2.75, 3.05) is 4.72 Å². The lowest BCUT2D eigenvalue weighted by atomic mass is 10.1. The van der Waals surface area contributed by atoms with Gasteiger partial charge in [-0.25, -0.2) is 13.2 Å². The van der Waals surface area contributed by atoms with Gasteiger partial charge in [0.1, 0.15) is 11.5 Å². The third kappa shape index (κ3) is 4.09. The van der Waals surface area contributed by atoms with Gasteiger partial charge >= 0.3 is 0 Å². The molecule has 2 heterocycles. The van der Waals surface area contributed by atoms with Crippen molar-refractivity contribution in [1.82, 2.24) is 14.8 Å². The maximum absolute atomic E-state index is 14.2. The highest BCUT2D eigenvalue weighted by Gasteiger charge is 2.22. The first kappa shape index (κ1) is 18.5. The molecule has 0 radical (unpaired) electrons. The van der Waals surface area contributed by atoms with E-state index in [9.17, 15) is 21.6 Å². The van der Waals surface area contributed by atoms with Gasteiger partial charge in [0, 0.05) is 24.4 Å². The number of nitrogens with zero attached hydrogens (tertiary/aromatic N) is 3. The van der Waals surface area contributed by atoms with Gasteiger partial charge in [0.15, 0.2) is 16.7 Å². The van der Waals surface area contributed by atoms with E-state index in [1.807, 2.05) is 4.72 Å². The Balaban J connectivity index is 1.91. The van der Waals surface area contributed by atoms with Crippen molar-refractivity contribution >= 4 is 15.7 Å². The van der Waals surface area contributed by atoms with Gasteiger partial charge in [-0.15, -0.1) is 0 Å². The normalized spacial score (nSPS) is 11.0. The molecule has 1 aromatic carbocycles. The molecule has 3 rings (SSSR count). The van der Waals surface area contributed by atoms with Crippen molar-refractivity contribution in [3.05, 3.63) is 71.4 Å². The van der Waals surface area contributed by atoms with Crippen LogP contribution in [0.3, 0.4) is 0 Å². The van der Waals surface area contributed by atoms with Crippen LogP contribution >= 0.6 is 0 Å². The number of anilines is 1. The molecule has 0 atom stereocenters. The van der Waals surface area contributed by atoms with Gasteiger partial charge in [-0.05, 0) is 24.3 Å². The molecule has 6 nitrogen and oxygen atoms in total. The fraction of sp³-hybridized carbons (Fsp3) is 0.0588. The first-order valence-electron chi connectivity index (χ1n) is 7.39. The Bertz CT molecular complexity index is 1160. The van der Waals surface area contributed by atoms with Crippen LogP contribution in [0.4, 0.5) is 18.9 Å². The molecule has 0 spiro atoms. The highest BCUT2D eigenvalue weighted by atomic mass is 32.2. The topological polar surface area (TPSA) is 76.9 Å². The zero-order valence-corrected chi connectivity index (χ0v) is 14.6. The van der Waals surface area contributed by atoms with Gasteiger partial charge in [-0.3, -0.25) is 14.4 Å². The van der Waals surface area contributed by atoms with Crippen LogP contribution in [0.25, 0.3) is 0 Å². The number of rotatable bonds is 3. The summed E-state index contributed by atoms with van der Waals surface area (Å²) in [5.41, 5.74) is -0.677. The zero-order chi connectivity index (χ0) is 19.6. The third-order valence-corrected chi connectivity index (χ3v) is 4.81. The van der Waals surface area contributed by atoms with E-state index in [2.05, 4.69) is 21.9 Å². The lowest BCUT2D eigenvalue weighted by Crippen LogP contribution is -2.18. The van der Waals surface area contributed by atoms with Gasteiger partial charge < -0.3 is 0 Å². The number of sulfonamides is 1. The van der Waals surface area contributed by atoms with Crippen LogP contribution in [0.15, 0.2) is 47.9 Å². The highest BCUT2D eigenvalue weighted by Crippen LogP contribution is 2.23. The summed E-state index contributed by atoms with van der Waals surface area (Å²) < 4.78 is 68.9. The Morgan fingerprint density at radius 3 is 2.30 bits per heavy atom. The predicted octanol–water partition coefficient (Wildman–Crippen LogP) is 2.43. The second kappa shape index (κ2) is 7.13. The molecular weight excluding hydrogens is 381 g/mol. The second-order valence-electron chi connectivity index (χ2n) is 5.36. The molecule has 0 saturated carbocycles. The van der Waals surface area contributed by atoms with Gasteiger partial charge in [-0.2, -0.15) is 13.5 Å². The molecule has 0 saturated heterocycles. The number of nitrogens with one attached hydrogen (secondary N) is 1. The van der Waals surface area contributed by atoms with E-state index in [1.165, 1.54) is 25.5 Å². The first-order chi connectivity index (χ1) is 12.8. The van der Waals surface area contributed by atoms with Gasteiger partial charge in [0.2, 0.25) is 0 Å². The molecule has 0 amide bonds. The third-order valence-electron chi connectivity index (χ3n) is 3.39. The number of hydrogen-bond acceptors (Lipinski definition) is 4. The van der Waals surface area contributed by atoms with Crippen molar-refractivity contribution < 1.29 is 21.6 Å². The first-order valence-corrected chi connectivity index (χ1v) is 8.87. The minimum Gasteiger partial charge on any atom is -0.273 e. The minimum absolute atomic E-state index is 0.0576. The molecule has 1 N–H and O–H groups in total. The lowest BCUT2D eigenvalue weighted by Gasteiger charge is -2.10. The van der Waals surface area contributed by atoms with Crippen LogP contribution in [0.5, 0.6) is 0 Å². The summed E-state index contributed by atoms with van der Waals surface area (Å²) in [6.45, 7) is 0. The minimum atomic E-state index is -4.23. The summed E-state index contributed by atoms with van der Waals surface area (Å²) in [6, 6.07) is 4.03. The molecule has 0 aliphatic heterocycles. The van der Waals surface area contributed by atoms with E-state index in [1.54, 1.807) is 0 Å². The number of hydrogen-bond donors (Lipinski definition) is 1. The molecule has 10 heteroatoms. The average Bonchev–Trinajstić information content (AvgIpc) is 3.03. The molecule has 138 valence electrons. The van der Waals surface area contributed by atoms with Crippen LogP contribution < -0.4 is 4.72 Å². The summed E-state index contributed by atoms with van der Waals surface area (Å²) in [5, 5.41) is 3.44. The number of benzene rings is 1. The summed E-state index contributed by atoms with van der Waals surface area (Å²) in [6.07, 6.45) is 3.52. The molecule has 0 aliphatic carbocycles. The molecule has 0 aliphatic rings. The fourth-order valence-electron chi connectivity index (χ4n) is 2.18. The van der Waals surface area contributed by atoms with Crippen molar-refractivity contribution in [2.45, 2.75) is 5.03 Å². The van der Waals surface area contributed by atoms with Crippen LogP contribution in [0.1, 0.15) is 11.1 Å². The molecule has 0 fully saturated rings. The average molecular weight is 392 g/mol. The van der Waals surface area contributed by atoms with Gasteiger partial charge in [-0.1, -0.05) is 11.8 Å². The smallest absolute Gasteiger partial charge is 0.273 e. The Morgan fingerprint density at radius 1 is 1.04 bits per heavy atom. The SMILES string of the molecule is Cn1nccc1S(=O)(=O)Nc1c(F)cc(C#Cc2cncc(F)c2)cc1F. The lowest BCUT2D eigenvalue weighted by molar-refractivity contribution is 0.573. The van der Waals surface area contributed by atoms with E-state index in [0.29, 0.717) is 0 Å². The van der Waals surface area contributed by atoms with E-state index >= 15 is 0 Å². The molecular formula is C17H11F3N4O2S. The quantitative estimate of drug-likeness (QED) is 0.695. The number of aromatic nitrogens is 3. The predicted molar refractivity (Wildman–Crippen MR) is 90.5 cm³/mol. The molecule has 3 aromatic rings. The number of pyridine rings is 1. The van der Waals surface area contributed by atoms with E-state index < -0.39 is 33.2 Å². The standard InChI is InChI=1S/C17H11F3N4O2S/c1-24-16(4-5-22-24)27(25,26)23-17-14(19)7-11(8-15(17)20)2-3-12-6-13(18)10-21-9-12/h4-10,23H,1H3. The number of halogens is 3. The monoisotopic (exact) mass is 392 g/mol. The van der Waals surface area contributed by atoms with Crippen LogP contribution in [-0.2, 0) is 17.1 Å². The summed E-state index contributed by atoms with van der Waals surface area (Å²) in [7, 11) is -2.86. The fourth-order valence-corrected chi connectivity index (χ4v) is 3.38. The largest absolute Gasteiger partial charge is 0.279 e. The second-order valence-corrected chi connectivity index (χ2v) is 6.98. The van der Waals surface area contributed by atoms with Crippen molar-refractivity contribution in [1.29, 1.82) is 0 Å². The Morgan fingerprint density at radius 2 is 1.70 bits per heavy atom. The highest BCUT2D eigenvalue weighted by molar-refractivity contribution is 7.92. The van der Waals surface area contributed by atoms with E-state index in [4.69, 9.17) is 0 Å². The van der Waals surface area contributed by atoms with Gasteiger partial charge in [0.25, 0.3) is 10.0 Å². The summed E-state index contributed by atoms with van der Waals surface area (Å²) in [4.78, 5) is 3.61.